The van der Waals surface area contributed by atoms with Crippen LogP contribution in [0.5, 0.6) is 5.75 Å². The van der Waals surface area contributed by atoms with Crippen LogP contribution in [0.1, 0.15) is 33.0 Å². The first-order valence-corrected chi connectivity index (χ1v) is 9.83. The first kappa shape index (κ1) is 20.4. The number of aryl methyl sites for hydroxylation is 2. The lowest BCUT2D eigenvalue weighted by Gasteiger charge is -2.08. The molecule has 1 N–H and O–H groups in total. The molecule has 0 atom stereocenters. The molecule has 6 nitrogen and oxygen atoms in total. The highest BCUT2D eigenvalue weighted by Crippen LogP contribution is 2.21. The lowest BCUT2D eigenvalue weighted by atomic mass is 10.1. The van der Waals surface area contributed by atoms with Crippen LogP contribution in [0.15, 0.2) is 71.4 Å². The molecule has 0 radical (unpaired) electrons. The summed E-state index contributed by atoms with van der Waals surface area (Å²) in [6.45, 7) is 4.60. The number of rotatable bonds is 7. The van der Waals surface area contributed by atoms with Crippen molar-refractivity contribution in [1.29, 1.82) is 0 Å². The van der Waals surface area contributed by atoms with Gasteiger partial charge in [-0.25, -0.2) is 4.39 Å². The topological polar surface area (TPSA) is 69.3 Å². The van der Waals surface area contributed by atoms with Gasteiger partial charge in [-0.1, -0.05) is 24.3 Å². The summed E-state index contributed by atoms with van der Waals surface area (Å²) in [6.07, 6.45) is 3.21. The van der Waals surface area contributed by atoms with Crippen molar-refractivity contribution in [1.82, 2.24) is 9.78 Å². The third kappa shape index (κ3) is 5.19. The molecule has 31 heavy (non-hydrogen) atoms. The van der Waals surface area contributed by atoms with E-state index in [4.69, 9.17) is 9.15 Å². The van der Waals surface area contributed by atoms with Gasteiger partial charge in [-0.15, -0.1) is 0 Å². The third-order valence-corrected chi connectivity index (χ3v) is 4.72. The van der Waals surface area contributed by atoms with Crippen LogP contribution in [0.4, 0.5) is 10.1 Å². The second-order valence-corrected chi connectivity index (χ2v) is 7.33. The minimum atomic E-state index is -0.386. The quantitative estimate of drug-likeness (QED) is 0.452. The Morgan fingerprint density at radius 2 is 2.03 bits per heavy atom. The molecule has 7 heteroatoms. The van der Waals surface area contributed by atoms with E-state index in [1.807, 2.05) is 38.1 Å². The number of furan rings is 1. The molecule has 0 aliphatic carbocycles. The minimum absolute atomic E-state index is 0.178. The maximum atomic E-state index is 13.3. The molecule has 0 unspecified atom stereocenters. The van der Waals surface area contributed by atoms with Crippen LogP contribution in [0, 0.1) is 19.7 Å². The summed E-state index contributed by atoms with van der Waals surface area (Å²) in [4.78, 5) is 12.5. The maximum Gasteiger partial charge on any atom is 0.291 e. The average Bonchev–Trinajstić information content (AvgIpc) is 3.38. The molecule has 0 spiro atoms. The van der Waals surface area contributed by atoms with Crippen LogP contribution in [0.2, 0.25) is 0 Å². The third-order valence-electron chi connectivity index (χ3n) is 4.72. The molecule has 2 aromatic carbocycles. The number of hydrogen-bond donors (Lipinski definition) is 1. The fourth-order valence-electron chi connectivity index (χ4n) is 3.12. The Morgan fingerprint density at radius 1 is 1.16 bits per heavy atom. The first-order chi connectivity index (χ1) is 15.0. The lowest BCUT2D eigenvalue weighted by molar-refractivity contribution is 0.0992. The molecule has 0 saturated heterocycles. The van der Waals surface area contributed by atoms with Gasteiger partial charge in [0.15, 0.2) is 5.76 Å². The summed E-state index contributed by atoms with van der Waals surface area (Å²) in [5.41, 5.74) is 3.44. The Labute approximate surface area is 179 Å². The van der Waals surface area contributed by atoms with E-state index in [1.165, 1.54) is 18.3 Å². The highest BCUT2D eigenvalue weighted by Gasteiger charge is 2.13. The van der Waals surface area contributed by atoms with E-state index >= 15 is 0 Å². The Kier molecular flexibility index (Phi) is 5.84. The summed E-state index contributed by atoms with van der Waals surface area (Å²) >= 11 is 0. The SMILES string of the molecule is Cc1ccc(C)c(OCc2ccc(C(=O)Nc3cnn(Cc4cccc(F)c4)c3)o2)c1. The fourth-order valence-corrected chi connectivity index (χ4v) is 3.12. The van der Waals surface area contributed by atoms with E-state index in [1.54, 1.807) is 29.1 Å². The van der Waals surface area contributed by atoms with Gasteiger partial charge in [-0.3, -0.25) is 9.48 Å². The Bertz CT molecular complexity index is 1210. The second-order valence-electron chi connectivity index (χ2n) is 7.33. The summed E-state index contributed by atoms with van der Waals surface area (Å²) in [7, 11) is 0. The zero-order valence-corrected chi connectivity index (χ0v) is 17.3. The number of benzene rings is 2. The predicted molar refractivity (Wildman–Crippen MR) is 115 cm³/mol. The Balaban J connectivity index is 1.35. The number of anilines is 1. The normalized spacial score (nSPS) is 10.8. The van der Waals surface area contributed by atoms with Gasteiger partial charge in [0.25, 0.3) is 5.91 Å². The molecule has 158 valence electrons. The zero-order chi connectivity index (χ0) is 21.8. The standard InChI is InChI=1S/C24H22FN3O3/c1-16-6-7-17(2)23(10-16)30-15-21-8-9-22(31-21)24(29)27-20-12-26-28(14-20)13-18-4-3-5-19(25)11-18/h3-12,14H,13,15H2,1-2H3,(H,27,29). The number of ether oxygens (including phenoxy) is 1. The van der Waals surface area contributed by atoms with Gasteiger partial charge in [-0.2, -0.15) is 5.10 Å². The molecular weight excluding hydrogens is 397 g/mol. The van der Waals surface area contributed by atoms with E-state index in [0.717, 1.165) is 22.4 Å². The second kappa shape index (κ2) is 8.87. The van der Waals surface area contributed by atoms with Gasteiger partial charge in [0.1, 0.15) is 23.9 Å². The van der Waals surface area contributed by atoms with Crippen molar-refractivity contribution in [2.75, 3.05) is 5.32 Å². The van der Waals surface area contributed by atoms with Crippen LogP contribution in [0.25, 0.3) is 0 Å². The molecule has 0 aliphatic heterocycles. The molecule has 2 aromatic heterocycles. The number of amides is 1. The Morgan fingerprint density at radius 3 is 2.87 bits per heavy atom. The average molecular weight is 419 g/mol. The molecule has 0 saturated carbocycles. The van der Waals surface area contributed by atoms with Crippen molar-refractivity contribution in [2.24, 2.45) is 0 Å². The molecular formula is C24H22FN3O3. The van der Waals surface area contributed by atoms with E-state index in [0.29, 0.717) is 18.0 Å². The van der Waals surface area contributed by atoms with Crippen molar-refractivity contribution in [3.63, 3.8) is 0 Å². The minimum Gasteiger partial charge on any atom is -0.485 e. The van der Waals surface area contributed by atoms with E-state index in [-0.39, 0.29) is 24.1 Å². The number of carbonyl (C=O) groups is 1. The van der Waals surface area contributed by atoms with Crippen LogP contribution in [-0.2, 0) is 13.2 Å². The van der Waals surface area contributed by atoms with Crippen molar-refractivity contribution in [2.45, 2.75) is 27.0 Å². The summed E-state index contributed by atoms with van der Waals surface area (Å²) in [5, 5.41) is 6.95. The number of hydrogen-bond acceptors (Lipinski definition) is 4. The van der Waals surface area contributed by atoms with Gasteiger partial charge >= 0.3 is 0 Å². The largest absolute Gasteiger partial charge is 0.485 e. The Hall–Kier alpha value is -3.87. The van der Waals surface area contributed by atoms with Crippen LogP contribution < -0.4 is 10.1 Å². The van der Waals surface area contributed by atoms with Crippen molar-refractivity contribution >= 4 is 11.6 Å². The number of nitrogens with zero attached hydrogens (tertiary/aromatic N) is 2. The van der Waals surface area contributed by atoms with Gasteiger partial charge in [0.05, 0.1) is 18.4 Å². The number of aromatic nitrogens is 2. The zero-order valence-electron chi connectivity index (χ0n) is 17.3. The molecule has 4 aromatic rings. The van der Waals surface area contributed by atoms with Gasteiger partial charge < -0.3 is 14.5 Å². The number of halogens is 1. The number of carbonyl (C=O) groups excluding carboxylic acids is 1. The number of nitrogens with one attached hydrogen (secondary N) is 1. The molecule has 0 aliphatic rings. The van der Waals surface area contributed by atoms with Crippen molar-refractivity contribution in [3.05, 3.63) is 101 Å². The highest BCUT2D eigenvalue weighted by molar-refractivity contribution is 6.02. The first-order valence-electron chi connectivity index (χ1n) is 9.83. The molecule has 4 rings (SSSR count). The van der Waals surface area contributed by atoms with Gasteiger partial charge in [0.2, 0.25) is 0 Å². The lowest BCUT2D eigenvalue weighted by Crippen LogP contribution is -2.10. The van der Waals surface area contributed by atoms with Crippen LogP contribution in [0.3, 0.4) is 0 Å². The van der Waals surface area contributed by atoms with E-state index in [2.05, 4.69) is 10.4 Å². The van der Waals surface area contributed by atoms with Crippen molar-refractivity contribution < 1.29 is 18.3 Å². The van der Waals surface area contributed by atoms with Gasteiger partial charge in [-0.05, 0) is 60.9 Å². The maximum absolute atomic E-state index is 13.3. The molecule has 0 bridgehead atoms. The summed E-state index contributed by atoms with van der Waals surface area (Å²) < 4.78 is 26.4. The van der Waals surface area contributed by atoms with E-state index in [9.17, 15) is 9.18 Å². The van der Waals surface area contributed by atoms with E-state index < -0.39 is 0 Å². The smallest absolute Gasteiger partial charge is 0.291 e. The molecule has 2 heterocycles. The summed E-state index contributed by atoms with van der Waals surface area (Å²) in [6, 6.07) is 15.6. The summed E-state index contributed by atoms with van der Waals surface area (Å²) in [5.74, 6) is 0.829. The monoisotopic (exact) mass is 419 g/mol. The highest BCUT2D eigenvalue weighted by atomic mass is 19.1. The molecule has 1 amide bonds. The van der Waals surface area contributed by atoms with Gasteiger partial charge in [0, 0.05) is 6.20 Å². The van der Waals surface area contributed by atoms with Crippen molar-refractivity contribution in [3.8, 4) is 5.75 Å². The predicted octanol–water partition coefficient (Wildman–Crippen LogP) is 5.11. The van der Waals surface area contributed by atoms with Crippen LogP contribution in [-0.4, -0.2) is 15.7 Å². The van der Waals surface area contributed by atoms with Crippen LogP contribution >= 0.6 is 0 Å². The fraction of sp³-hybridized carbons (Fsp3) is 0.167. The molecule has 0 fully saturated rings.